The number of carbonyl (C=O) groups is 1. The topological polar surface area (TPSA) is 53.7 Å². The fourth-order valence-corrected chi connectivity index (χ4v) is 4.06. The van der Waals surface area contributed by atoms with Gasteiger partial charge in [0.25, 0.3) is 5.91 Å². The Hall–Kier alpha value is -2.53. The number of amides is 1. The molecule has 11 heteroatoms. The summed E-state index contributed by atoms with van der Waals surface area (Å²) in [7, 11) is 0. The van der Waals surface area contributed by atoms with Crippen molar-refractivity contribution in [2.45, 2.75) is 19.6 Å². The summed E-state index contributed by atoms with van der Waals surface area (Å²) in [5.41, 5.74) is -0.000648. The van der Waals surface area contributed by atoms with E-state index < -0.39 is 17.8 Å². The number of aryl methyl sites for hydroxylation is 1. The molecule has 0 bridgehead atoms. The van der Waals surface area contributed by atoms with Gasteiger partial charge < -0.3 is 4.90 Å². The second kappa shape index (κ2) is 8.19. The number of aromatic nitrogens is 3. The lowest BCUT2D eigenvalue weighted by Crippen LogP contribution is -2.48. The van der Waals surface area contributed by atoms with Gasteiger partial charge in [0.2, 0.25) is 0 Å². The first kappa shape index (κ1) is 21.7. The zero-order valence-corrected chi connectivity index (χ0v) is 18.0. The fraction of sp³-hybridized carbons (Fsp3) is 0.350. The molecule has 1 aliphatic heterocycles. The molecule has 0 aliphatic carbocycles. The highest BCUT2D eigenvalue weighted by Crippen LogP contribution is 2.32. The van der Waals surface area contributed by atoms with Crippen molar-refractivity contribution in [3.8, 4) is 0 Å². The lowest BCUT2D eigenvalue weighted by Gasteiger charge is -2.34. The van der Waals surface area contributed by atoms with Crippen LogP contribution in [-0.2, 0) is 12.7 Å². The highest BCUT2D eigenvalue weighted by atomic mass is 79.9. The molecule has 1 fully saturated rings. The van der Waals surface area contributed by atoms with Gasteiger partial charge in [-0.15, -0.1) is 0 Å². The van der Waals surface area contributed by atoms with Gasteiger partial charge in [0.1, 0.15) is 11.5 Å². The molecule has 1 amide bonds. The Labute approximate surface area is 183 Å². The number of hydrogen-bond acceptors (Lipinski definition) is 4. The number of fused-ring (bicyclic) bond motifs is 1. The van der Waals surface area contributed by atoms with Gasteiger partial charge in [0.15, 0.2) is 11.3 Å². The maximum absolute atomic E-state index is 13.4. The minimum atomic E-state index is -4.64. The summed E-state index contributed by atoms with van der Waals surface area (Å²) in [5, 5.41) is 3.94. The van der Waals surface area contributed by atoms with E-state index in [1.807, 2.05) is 0 Å². The molecule has 31 heavy (non-hydrogen) atoms. The van der Waals surface area contributed by atoms with Crippen molar-refractivity contribution in [3.63, 3.8) is 0 Å². The van der Waals surface area contributed by atoms with Gasteiger partial charge in [-0.25, -0.2) is 13.9 Å². The molecule has 0 N–H and O–H groups in total. The van der Waals surface area contributed by atoms with Crippen molar-refractivity contribution < 1.29 is 22.4 Å². The monoisotopic (exact) mass is 499 g/mol. The van der Waals surface area contributed by atoms with Gasteiger partial charge in [0, 0.05) is 38.4 Å². The van der Waals surface area contributed by atoms with Crippen LogP contribution >= 0.6 is 15.9 Å². The van der Waals surface area contributed by atoms with Crippen LogP contribution in [0, 0.1) is 12.7 Å². The quantitative estimate of drug-likeness (QED) is 0.512. The fourth-order valence-electron chi connectivity index (χ4n) is 3.56. The Morgan fingerprint density at radius 3 is 2.39 bits per heavy atom. The van der Waals surface area contributed by atoms with Gasteiger partial charge in [-0.3, -0.25) is 9.69 Å². The third kappa shape index (κ3) is 4.42. The summed E-state index contributed by atoms with van der Waals surface area (Å²) in [6, 6.07) is 7.14. The number of carbonyl (C=O) groups excluding carboxylic acids is 1. The molecule has 3 aromatic rings. The Morgan fingerprint density at radius 1 is 1.13 bits per heavy atom. The molecule has 0 atom stereocenters. The Morgan fingerprint density at radius 2 is 1.77 bits per heavy atom. The zero-order valence-electron chi connectivity index (χ0n) is 16.5. The third-order valence-corrected chi connectivity index (χ3v) is 5.86. The van der Waals surface area contributed by atoms with Crippen LogP contribution in [0.5, 0.6) is 0 Å². The maximum atomic E-state index is 13.4. The molecule has 6 nitrogen and oxygen atoms in total. The molecular formula is C20H18BrF4N5O. The average molecular weight is 500 g/mol. The smallest absolute Gasteiger partial charge is 0.335 e. The van der Waals surface area contributed by atoms with Gasteiger partial charge >= 0.3 is 6.18 Å². The van der Waals surface area contributed by atoms with E-state index in [2.05, 4.69) is 30.9 Å². The van der Waals surface area contributed by atoms with Crippen LogP contribution in [0.15, 0.2) is 34.8 Å². The highest BCUT2D eigenvalue weighted by Gasteiger charge is 2.36. The summed E-state index contributed by atoms with van der Waals surface area (Å²) in [4.78, 5) is 20.8. The van der Waals surface area contributed by atoms with Crippen molar-refractivity contribution >= 4 is 27.5 Å². The lowest BCUT2D eigenvalue weighted by atomic mass is 10.2. The third-order valence-electron chi connectivity index (χ3n) is 5.13. The van der Waals surface area contributed by atoms with Gasteiger partial charge in [-0.05, 0) is 46.6 Å². The average Bonchev–Trinajstić information content (AvgIpc) is 3.05. The zero-order chi connectivity index (χ0) is 22.3. The van der Waals surface area contributed by atoms with Crippen LogP contribution in [0.4, 0.5) is 17.6 Å². The summed E-state index contributed by atoms with van der Waals surface area (Å²) in [6.07, 6.45) is -4.64. The van der Waals surface area contributed by atoms with Crippen LogP contribution in [0.25, 0.3) is 5.65 Å². The summed E-state index contributed by atoms with van der Waals surface area (Å²) < 4.78 is 54.1. The molecule has 3 heterocycles. The van der Waals surface area contributed by atoms with E-state index in [0.29, 0.717) is 37.2 Å². The Bertz CT molecular complexity index is 1120. The predicted molar refractivity (Wildman–Crippen MR) is 108 cm³/mol. The summed E-state index contributed by atoms with van der Waals surface area (Å²) in [6.45, 7) is 4.05. The van der Waals surface area contributed by atoms with Gasteiger partial charge in [-0.1, -0.05) is 12.1 Å². The Balaban J connectivity index is 1.51. The van der Waals surface area contributed by atoms with E-state index in [4.69, 9.17) is 0 Å². The molecule has 164 valence electrons. The van der Waals surface area contributed by atoms with E-state index in [1.165, 1.54) is 19.1 Å². The minimum absolute atomic E-state index is 0.0504. The predicted octanol–water partition coefficient (Wildman–Crippen LogP) is 3.92. The van der Waals surface area contributed by atoms with Crippen molar-refractivity contribution in [1.29, 1.82) is 0 Å². The molecule has 0 unspecified atom stereocenters. The first-order valence-electron chi connectivity index (χ1n) is 9.52. The number of benzene rings is 1. The van der Waals surface area contributed by atoms with Crippen LogP contribution in [0.3, 0.4) is 0 Å². The molecular weight excluding hydrogens is 482 g/mol. The molecule has 0 spiro atoms. The summed E-state index contributed by atoms with van der Waals surface area (Å²) >= 11 is 3.21. The molecule has 2 aromatic heterocycles. The Kier molecular flexibility index (Phi) is 5.73. The number of alkyl halides is 3. The van der Waals surface area contributed by atoms with Crippen LogP contribution < -0.4 is 0 Å². The van der Waals surface area contributed by atoms with Crippen molar-refractivity contribution in [2.75, 3.05) is 26.2 Å². The van der Waals surface area contributed by atoms with Gasteiger partial charge in [-0.2, -0.15) is 18.3 Å². The molecule has 0 saturated carbocycles. The standard InChI is InChI=1S/C20H18BrF4N5O/c1-12-10-15(20(23,24)25)30-18(26-12)16(21)17(27-30)19(31)29-8-6-28(7-9-29)11-13-2-4-14(22)5-3-13/h2-5,10H,6-9,11H2,1H3. The largest absolute Gasteiger partial charge is 0.433 e. The van der Waals surface area contributed by atoms with Crippen molar-refractivity contribution in [2.24, 2.45) is 0 Å². The SMILES string of the molecule is Cc1cc(C(F)(F)F)n2nc(C(=O)N3CCN(Cc4ccc(F)cc4)CC3)c(Br)c2n1. The molecule has 4 rings (SSSR count). The van der Waals surface area contributed by atoms with Gasteiger partial charge in [0.05, 0.1) is 4.47 Å². The first-order valence-corrected chi connectivity index (χ1v) is 10.3. The lowest BCUT2D eigenvalue weighted by molar-refractivity contribution is -0.142. The van der Waals surface area contributed by atoms with E-state index in [9.17, 15) is 22.4 Å². The van der Waals surface area contributed by atoms with E-state index in [-0.39, 0.29) is 27.3 Å². The second-order valence-corrected chi connectivity index (χ2v) is 8.17. The molecule has 1 saturated heterocycles. The molecule has 1 aromatic carbocycles. The second-order valence-electron chi connectivity index (χ2n) is 7.37. The molecule has 0 radical (unpaired) electrons. The van der Waals surface area contributed by atoms with E-state index >= 15 is 0 Å². The normalized spacial score (nSPS) is 15.6. The van der Waals surface area contributed by atoms with E-state index in [0.717, 1.165) is 11.6 Å². The number of rotatable bonds is 3. The maximum Gasteiger partial charge on any atom is 0.433 e. The number of hydrogen-bond donors (Lipinski definition) is 0. The number of halogens is 5. The minimum Gasteiger partial charge on any atom is -0.335 e. The van der Waals surface area contributed by atoms with Crippen LogP contribution in [0.2, 0.25) is 0 Å². The number of nitrogens with zero attached hydrogens (tertiary/aromatic N) is 5. The van der Waals surface area contributed by atoms with Crippen molar-refractivity contribution in [3.05, 3.63) is 63.3 Å². The highest BCUT2D eigenvalue weighted by molar-refractivity contribution is 9.10. The summed E-state index contributed by atoms with van der Waals surface area (Å²) in [5.74, 6) is -0.750. The number of piperazine rings is 1. The van der Waals surface area contributed by atoms with Crippen LogP contribution in [0.1, 0.15) is 27.4 Å². The molecule has 1 aliphatic rings. The van der Waals surface area contributed by atoms with Crippen LogP contribution in [-0.4, -0.2) is 56.5 Å². The van der Waals surface area contributed by atoms with E-state index in [1.54, 1.807) is 17.0 Å². The first-order chi connectivity index (χ1) is 14.6. The van der Waals surface area contributed by atoms with Crippen molar-refractivity contribution in [1.82, 2.24) is 24.4 Å².